The number of carbonyl (C=O) groups is 1. The van der Waals surface area contributed by atoms with E-state index in [1.54, 1.807) is 19.2 Å². The highest BCUT2D eigenvalue weighted by Gasteiger charge is 2.33. The fourth-order valence-corrected chi connectivity index (χ4v) is 6.64. The summed E-state index contributed by atoms with van der Waals surface area (Å²) in [6.45, 7) is 2.77. The molecule has 8 nitrogen and oxygen atoms in total. The van der Waals surface area contributed by atoms with E-state index in [0.29, 0.717) is 6.54 Å². The monoisotopic (exact) mass is 640 g/mol. The first kappa shape index (κ1) is 29.8. The van der Waals surface area contributed by atoms with Gasteiger partial charge in [-0.25, -0.2) is 13.8 Å². The second-order valence-electron chi connectivity index (χ2n) is 11.6. The number of nitrogens with two attached hydrogens (primary N) is 1. The second kappa shape index (κ2) is 12.1. The number of halogens is 3. The van der Waals surface area contributed by atoms with Gasteiger partial charge in [0.25, 0.3) is 0 Å². The lowest BCUT2D eigenvalue weighted by Gasteiger charge is -2.28. The number of rotatable bonds is 8. The minimum atomic E-state index is -0.734. The number of aromatic amines is 2. The maximum absolute atomic E-state index is 14.4. The summed E-state index contributed by atoms with van der Waals surface area (Å²) < 4.78 is 34.1. The molecular weight excluding hydrogens is 610 g/mol. The largest absolute Gasteiger partial charge is 0.485 e. The highest BCUT2D eigenvalue weighted by molar-refractivity contribution is 6.31. The molecule has 7 rings (SSSR count). The van der Waals surface area contributed by atoms with Crippen molar-refractivity contribution in [1.82, 2.24) is 25.2 Å². The molecule has 234 valence electrons. The van der Waals surface area contributed by atoms with Crippen molar-refractivity contribution in [3.63, 3.8) is 0 Å². The highest BCUT2D eigenvalue weighted by Crippen LogP contribution is 2.40. The number of carbonyl (C=O) groups excluding carboxylic acids is 1. The van der Waals surface area contributed by atoms with Gasteiger partial charge in [-0.15, -0.1) is 0 Å². The van der Waals surface area contributed by atoms with E-state index < -0.39 is 11.6 Å². The summed E-state index contributed by atoms with van der Waals surface area (Å²) >= 11 is 5.99. The summed E-state index contributed by atoms with van der Waals surface area (Å²) in [6, 6.07) is 18.0. The first-order chi connectivity index (χ1) is 22.3. The first-order valence-corrected chi connectivity index (χ1v) is 15.3. The molecule has 5 N–H and O–H groups in total. The molecule has 3 aromatic carbocycles. The minimum Gasteiger partial charge on any atom is -0.485 e. The molecule has 1 saturated heterocycles. The van der Waals surface area contributed by atoms with Gasteiger partial charge in [0.1, 0.15) is 18.2 Å². The topological polar surface area (TPSA) is 112 Å². The SMILES string of the molecule is CC(=O)N[C@H]1CCN(C(c2c[nH]c3ccccc23)c2c[nH]c3ccc(-c4cnc(N)c(OCc5c(F)ccc(F)c5Cl)c4)cc23)C1. The zero-order valence-electron chi connectivity index (χ0n) is 24.9. The maximum atomic E-state index is 14.4. The maximum Gasteiger partial charge on any atom is 0.217 e. The van der Waals surface area contributed by atoms with E-state index in [1.807, 2.05) is 24.3 Å². The smallest absolute Gasteiger partial charge is 0.217 e. The predicted molar refractivity (Wildman–Crippen MR) is 176 cm³/mol. The third-order valence-electron chi connectivity index (χ3n) is 8.64. The lowest BCUT2D eigenvalue weighted by atomic mass is 9.95. The molecule has 1 amide bonds. The Kier molecular flexibility index (Phi) is 7.84. The van der Waals surface area contributed by atoms with Crippen LogP contribution in [0.25, 0.3) is 32.9 Å². The van der Waals surface area contributed by atoms with Crippen LogP contribution >= 0.6 is 11.6 Å². The molecule has 1 fully saturated rings. The van der Waals surface area contributed by atoms with Gasteiger partial charge in [0, 0.05) is 77.6 Å². The number of likely N-dealkylation sites (tertiary alicyclic amines) is 1. The molecule has 2 atom stereocenters. The molecule has 0 spiro atoms. The lowest BCUT2D eigenvalue weighted by molar-refractivity contribution is -0.119. The molecule has 46 heavy (non-hydrogen) atoms. The third-order valence-corrected chi connectivity index (χ3v) is 9.05. The minimum absolute atomic E-state index is 0.0307. The molecule has 11 heteroatoms. The molecular formula is C35H31ClF2N6O2. The number of amides is 1. The van der Waals surface area contributed by atoms with Crippen LogP contribution in [0, 0.1) is 11.6 Å². The van der Waals surface area contributed by atoms with E-state index in [0.717, 1.165) is 69.2 Å². The number of nitrogens with one attached hydrogen (secondary N) is 3. The number of pyridine rings is 1. The molecule has 1 aliphatic rings. The molecule has 0 radical (unpaired) electrons. The number of ether oxygens (including phenoxy) is 1. The molecule has 0 saturated carbocycles. The van der Waals surface area contributed by atoms with Crippen molar-refractivity contribution in [3.8, 4) is 16.9 Å². The summed E-state index contributed by atoms with van der Waals surface area (Å²) in [5, 5.41) is 4.93. The van der Waals surface area contributed by atoms with Gasteiger partial charge in [-0.2, -0.15) is 0 Å². The van der Waals surface area contributed by atoms with Crippen LogP contribution in [0.1, 0.15) is 36.1 Å². The van der Waals surface area contributed by atoms with Crippen LogP contribution in [0.3, 0.4) is 0 Å². The van der Waals surface area contributed by atoms with Crippen molar-refractivity contribution in [3.05, 3.63) is 113 Å². The summed E-state index contributed by atoms with van der Waals surface area (Å²) in [6.07, 6.45) is 6.64. The van der Waals surface area contributed by atoms with Gasteiger partial charge in [0.15, 0.2) is 11.6 Å². The van der Waals surface area contributed by atoms with E-state index in [9.17, 15) is 13.6 Å². The van der Waals surface area contributed by atoms with Gasteiger partial charge in [-0.05, 0) is 59.5 Å². The number of nitrogen functional groups attached to an aromatic ring is 1. The van der Waals surface area contributed by atoms with E-state index in [1.165, 1.54) is 0 Å². The van der Waals surface area contributed by atoms with Crippen LogP contribution in [-0.2, 0) is 11.4 Å². The predicted octanol–water partition coefficient (Wildman–Crippen LogP) is 7.10. The van der Waals surface area contributed by atoms with Gasteiger partial charge in [0.2, 0.25) is 5.91 Å². The van der Waals surface area contributed by atoms with E-state index in [-0.39, 0.29) is 46.8 Å². The first-order valence-electron chi connectivity index (χ1n) is 15.0. The Morgan fingerprint density at radius 2 is 1.78 bits per heavy atom. The molecule has 0 bridgehead atoms. The molecule has 4 heterocycles. The third kappa shape index (κ3) is 5.54. The number of benzene rings is 3. The van der Waals surface area contributed by atoms with Crippen molar-refractivity contribution in [2.24, 2.45) is 0 Å². The number of H-pyrrole nitrogens is 2. The highest BCUT2D eigenvalue weighted by atomic mass is 35.5. The van der Waals surface area contributed by atoms with Crippen molar-refractivity contribution < 1.29 is 18.3 Å². The molecule has 1 unspecified atom stereocenters. The van der Waals surface area contributed by atoms with Crippen LogP contribution < -0.4 is 15.8 Å². The Labute approximate surface area is 268 Å². The van der Waals surface area contributed by atoms with E-state index >= 15 is 0 Å². The zero-order chi connectivity index (χ0) is 31.9. The summed E-state index contributed by atoms with van der Waals surface area (Å²) in [5.41, 5.74) is 11.9. The summed E-state index contributed by atoms with van der Waals surface area (Å²) in [5.74, 6) is -1.10. The van der Waals surface area contributed by atoms with Crippen molar-refractivity contribution in [1.29, 1.82) is 0 Å². The average Bonchev–Trinajstić information content (AvgIpc) is 3.79. The van der Waals surface area contributed by atoms with E-state index in [2.05, 4.69) is 55.8 Å². The zero-order valence-corrected chi connectivity index (χ0v) is 25.7. The summed E-state index contributed by atoms with van der Waals surface area (Å²) in [7, 11) is 0. The number of hydrogen-bond acceptors (Lipinski definition) is 5. The Morgan fingerprint density at radius 3 is 2.59 bits per heavy atom. The quantitative estimate of drug-likeness (QED) is 0.133. The molecule has 1 aliphatic heterocycles. The fourth-order valence-electron chi connectivity index (χ4n) is 6.44. The average molecular weight is 641 g/mol. The normalized spacial score (nSPS) is 15.9. The van der Waals surface area contributed by atoms with Gasteiger partial charge in [-0.3, -0.25) is 9.69 Å². The van der Waals surface area contributed by atoms with Crippen molar-refractivity contribution in [2.45, 2.75) is 32.0 Å². The van der Waals surface area contributed by atoms with Crippen LogP contribution in [0.15, 0.2) is 79.3 Å². The Bertz CT molecular complexity index is 2090. The van der Waals surface area contributed by atoms with Gasteiger partial charge < -0.3 is 25.8 Å². The van der Waals surface area contributed by atoms with Gasteiger partial charge in [-0.1, -0.05) is 35.9 Å². The lowest BCUT2D eigenvalue weighted by Crippen LogP contribution is -2.36. The molecule has 3 aromatic heterocycles. The van der Waals surface area contributed by atoms with Crippen LogP contribution in [0.5, 0.6) is 5.75 Å². The van der Waals surface area contributed by atoms with Crippen LogP contribution in [0.2, 0.25) is 5.02 Å². The van der Waals surface area contributed by atoms with Crippen molar-refractivity contribution in [2.75, 3.05) is 18.8 Å². The standard InChI is InChI=1S/C35H31ClF2N6O2/c1-19(45)43-22-10-11-44(17-22)34(25-15-40-30-5-3-2-4-23(25)30)26-16-41-31-9-6-20(12-24(26)31)21-13-32(35(39)42-14-21)46-18-27-28(37)7-8-29(38)33(27)36/h2-9,12-16,22,34,40-41H,10-11,17-18H2,1H3,(H2,39,42)(H,43,45)/t22-,34?/m0/s1. The number of hydrogen-bond donors (Lipinski definition) is 4. The Balaban J connectivity index is 1.26. The van der Waals surface area contributed by atoms with Crippen molar-refractivity contribution >= 4 is 45.1 Å². The Morgan fingerprint density at radius 1 is 1.04 bits per heavy atom. The number of fused-ring (bicyclic) bond motifs is 2. The van der Waals surface area contributed by atoms with Gasteiger partial charge in [0.05, 0.1) is 11.1 Å². The van der Waals surface area contributed by atoms with Crippen LogP contribution in [0.4, 0.5) is 14.6 Å². The summed E-state index contributed by atoms with van der Waals surface area (Å²) in [4.78, 5) is 25.5. The number of nitrogens with zero attached hydrogens (tertiary/aromatic N) is 2. The second-order valence-corrected chi connectivity index (χ2v) is 12.0. The molecule has 6 aromatic rings. The Hall–Kier alpha value is -4.93. The number of para-hydroxylation sites is 1. The number of aromatic nitrogens is 3. The molecule has 0 aliphatic carbocycles. The number of anilines is 1. The van der Waals surface area contributed by atoms with Crippen LogP contribution in [-0.4, -0.2) is 44.9 Å². The fraction of sp³-hybridized carbons (Fsp3) is 0.200. The van der Waals surface area contributed by atoms with E-state index in [4.69, 9.17) is 22.1 Å². The van der Waals surface area contributed by atoms with Gasteiger partial charge >= 0.3 is 0 Å².